The van der Waals surface area contributed by atoms with Crippen molar-refractivity contribution in [1.82, 2.24) is 34.7 Å². The van der Waals surface area contributed by atoms with Gasteiger partial charge in [0.15, 0.2) is 5.82 Å². The second kappa shape index (κ2) is 7.18. The van der Waals surface area contributed by atoms with Crippen LogP contribution < -0.4 is 11.0 Å². The van der Waals surface area contributed by atoms with Crippen LogP contribution in [0.15, 0.2) is 9.32 Å². The SMILES string of the molecule is CCn1c(C2CCCNC2)nn(Cc2noc(C(=O)N(C)C)n2)c1=O. The predicted octanol–water partition coefficient (Wildman–Crippen LogP) is -0.335. The van der Waals surface area contributed by atoms with Crippen LogP contribution in [-0.2, 0) is 13.1 Å². The first-order valence-corrected chi connectivity index (χ1v) is 8.43. The first kappa shape index (κ1) is 17.3. The largest absolute Gasteiger partial charge is 0.346 e. The Hall–Kier alpha value is -2.49. The average molecular weight is 349 g/mol. The monoisotopic (exact) mass is 349 g/mol. The summed E-state index contributed by atoms with van der Waals surface area (Å²) in [4.78, 5) is 29.8. The predicted molar refractivity (Wildman–Crippen MR) is 88.4 cm³/mol. The van der Waals surface area contributed by atoms with E-state index in [1.165, 1.54) is 9.58 Å². The summed E-state index contributed by atoms with van der Waals surface area (Å²) in [5, 5.41) is 11.6. The van der Waals surface area contributed by atoms with Gasteiger partial charge in [0.2, 0.25) is 0 Å². The zero-order chi connectivity index (χ0) is 18.0. The highest BCUT2D eigenvalue weighted by Crippen LogP contribution is 2.20. The molecule has 0 aromatic carbocycles. The molecule has 0 bridgehead atoms. The zero-order valence-electron chi connectivity index (χ0n) is 14.7. The molecule has 1 atom stereocenters. The van der Waals surface area contributed by atoms with Gasteiger partial charge in [-0.15, -0.1) is 0 Å². The molecule has 1 aliphatic rings. The first-order valence-electron chi connectivity index (χ1n) is 8.43. The van der Waals surface area contributed by atoms with E-state index in [-0.39, 0.29) is 35.8 Å². The van der Waals surface area contributed by atoms with Crippen molar-refractivity contribution in [1.29, 1.82) is 0 Å². The lowest BCUT2D eigenvalue weighted by Crippen LogP contribution is -2.31. The van der Waals surface area contributed by atoms with Crippen molar-refractivity contribution in [3.63, 3.8) is 0 Å². The lowest BCUT2D eigenvalue weighted by molar-refractivity contribution is 0.0779. The van der Waals surface area contributed by atoms with Crippen LogP contribution in [0.2, 0.25) is 0 Å². The number of aromatic nitrogens is 5. The lowest BCUT2D eigenvalue weighted by Gasteiger charge is -2.21. The standard InChI is InChI=1S/C15H23N7O3/c1-4-21-12(10-6-5-7-16-8-10)18-22(15(21)24)9-11-17-13(25-19-11)14(23)20(2)3/h10,16H,4-9H2,1-3H3. The van der Waals surface area contributed by atoms with Crippen molar-refractivity contribution >= 4 is 5.91 Å². The van der Waals surface area contributed by atoms with Gasteiger partial charge in [0.05, 0.1) is 0 Å². The molecule has 1 aliphatic heterocycles. The summed E-state index contributed by atoms with van der Waals surface area (Å²) in [6, 6.07) is 0. The van der Waals surface area contributed by atoms with E-state index in [0.717, 1.165) is 31.8 Å². The van der Waals surface area contributed by atoms with Gasteiger partial charge in [-0.25, -0.2) is 9.48 Å². The number of carbonyl (C=O) groups is 1. The third-order valence-corrected chi connectivity index (χ3v) is 4.28. The molecule has 10 nitrogen and oxygen atoms in total. The van der Waals surface area contributed by atoms with Gasteiger partial charge in [0.1, 0.15) is 12.4 Å². The van der Waals surface area contributed by atoms with Gasteiger partial charge in [-0.2, -0.15) is 10.1 Å². The van der Waals surface area contributed by atoms with Gasteiger partial charge in [-0.3, -0.25) is 9.36 Å². The third kappa shape index (κ3) is 3.48. The number of nitrogens with zero attached hydrogens (tertiary/aromatic N) is 6. The smallest absolute Gasteiger partial charge is 0.341 e. The summed E-state index contributed by atoms with van der Waals surface area (Å²) in [7, 11) is 3.20. The minimum absolute atomic E-state index is 0.0726. The molecule has 0 saturated carbocycles. The average Bonchev–Trinajstić information content (AvgIpc) is 3.20. The van der Waals surface area contributed by atoms with Gasteiger partial charge in [-0.1, -0.05) is 5.16 Å². The minimum Gasteiger partial charge on any atom is -0.341 e. The second-order valence-electron chi connectivity index (χ2n) is 6.30. The topological polar surface area (TPSA) is 111 Å². The van der Waals surface area contributed by atoms with E-state index >= 15 is 0 Å². The van der Waals surface area contributed by atoms with E-state index < -0.39 is 0 Å². The third-order valence-electron chi connectivity index (χ3n) is 4.28. The van der Waals surface area contributed by atoms with E-state index in [9.17, 15) is 9.59 Å². The van der Waals surface area contributed by atoms with Gasteiger partial charge in [0.25, 0.3) is 0 Å². The number of amides is 1. The molecule has 2 aromatic rings. The van der Waals surface area contributed by atoms with Crippen LogP contribution in [0.1, 0.15) is 48.0 Å². The van der Waals surface area contributed by atoms with Crippen LogP contribution in [0.25, 0.3) is 0 Å². The van der Waals surface area contributed by atoms with Crippen LogP contribution in [0.3, 0.4) is 0 Å². The van der Waals surface area contributed by atoms with Gasteiger partial charge in [0, 0.05) is 33.1 Å². The molecule has 25 heavy (non-hydrogen) atoms. The van der Waals surface area contributed by atoms with Crippen LogP contribution in [0.5, 0.6) is 0 Å². The summed E-state index contributed by atoms with van der Waals surface area (Å²) in [6.45, 7) is 4.37. The molecule has 1 fully saturated rings. The summed E-state index contributed by atoms with van der Waals surface area (Å²) in [5.74, 6) is 0.784. The maximum absolute atomic E-state index is 12.6. The summed E-state index contributed by atoms with van der Waals surface area (Å²) >= 11 is 0. The van der Waals surface area contributed by atoms with E-state index in [1.807, 2.05) is 6.92 Å². The van der Waals surface area contributed by atoms with Crippen LogP contribution >= 0.6 is 0 Å². The maximum Gasteiger partial charge on any atom is 0.346 e. The number of rotatable bonds is 5. The quantitative estimate of drug-likeness (QED) is 0.786. The molecule has 136 valence electrons. The Labute approximate surface area is 144 Å². The van der Waals surface area contributed by atoms with Gasteiger partial charge < -0.3 is 14.7 Å². The Morgan fingerprint density at radius 1 is 1.44 bits per heavy atom. The van der Waals surface area contributed by atoms with E-state index in [0.29, 0.717) is 6.54 Å². The molecule has 1 unspecified atom stereocenters. The number of piperidine rings is 1. The molecular formula is C15H23N7O3. The minimum atomic E-state index is -0.376. The van der Waals surface area contributed by atoms with Crippen molar-refractivity contribution in [2.45, 2.75) is 38.8 Å². The van der Waals surface area contributed by atoms with Gasteiger partial charge in [-0.05, 0) is 26.3 Å². The fourth-order valence-corrected chi connectivity index (χ4v) is 2.96. The lowest BCUT2D eigenvalue weighted by atomic mass is 9.99. The highest BCUT2D eigenvalue weighted by molar-refractivity contribution is 5.89. The molecule has 3 heterocycles. The van der Waals surface area contributed by atoms with E-state index in [1.54, 1.807) is 18.7 Å². The fourth-order valence-electron chi connectivity index (χ4n) is 2.96. The molecular weight excluding hydrogens is 326 g/mol. The molecule has 10 heteroatoms. The molecule has 0 spiro atoms. The Kier molecular flexibility index (Phi) is 4.98. The molecule has 0 radical (unpaired) electrons. The second-order valence-corrected chi connectivity index (χ2v) is 6.30. The maximum atomic E-state index is 12.6. The number of nitrogens with one attached hydrogen (secondary N) is 1. The summed E-state index contributed by atoms with van der Waals surface area (Å²) in [5.41, 5.74) is -0.201. The zero-order valence-corrected chi connectivity index (χ0v) is 14.7. The number of carbonyl (C=O) groups excluding carboxylic acids is 1. The number of hydrogen-bond acceptors (Lipinski definition) is 7. The molecule has 3 rings (SSSR count). The summed E-state index contributed by atoms with van der Waals surface area (Å²) < 4.78 is 7.99. The Balaban J connectivity index is 1.84. The van der Waals surface area contributed by atoms with Crippen LogP contribution in [0, 0.1) is 0 Å². The van der Waals surface area contributed by atoms with Crippen molar-refractivity contribution in [3.05, 3.63) is 28.0 Å². The number of hydrogen-bond donors (Lipinski definition) is 1. The molecule has 1 N–H and O–H groups in total. The first-order chi connectivity index (χ1) is 12.0. The van der Waals surface area contributed by atoms with E-state index in [4.69, 9.17) is 4.52 Å². The molecule has 0 aliphatic carbocycles. The Bertz CT molecular complexity index is 798. The van der Waals surface area contributed by atoms with Crippen molar-refractivity contribution in [2.75, 3.05) is 27.2 Å². The Morgan fingerprint density at radius 3 is 2.88 bits per heavy atom. The van der Waals surface area contributed by atoms with Gasteiger partial charge >= 0.3 is 17.5 Å². The Morgan fingerprint density at radius 2 is 2.24 bits per heavy atom. The molecule has 1 amide bonds. The molecule has 1 saturated heterocycles. The van der Waals surface area contributed by atoms with Crippen molar-refractivity contribution in [2.24, 2.45) is 0 Å². The van der Waals surface area contributed by atoms with Crippen molar-refractivity contribution in [3.8, 4) is 0 Å². The highest BCUT2D eigenvalue weighted by Gasteiger charge is 2.24. The van der Waals surface area contributed by atoms with E-state index in [2.05, 4.69) is 20.6 Å². The highest BCUT2D eigenvalue weighted by atomic mass is 16.5. The summed E-state index contributed by atoms with van der Waals surface area (Å²) in [6.07, 6.45) is 2.07. The van der Waals surface area contributed by atoms with Crippen molar-refractivity contribution < 1.29 is 9.32 Å². The fraction of sp³-hybridized carbons (Fsp3) is 0.667. The van der Waals surface area contributed by atoms with Crippen LogP contribution in [-0.4, -0.2) is 62.5 Å². The molecule has 2 aromatic heterocycles. The van der Waals surface area contributed by atoms with Crippen LogP contribution in [0.4, 0.5) is 0 Å². The normalized spacial score (nSPS) is 17.6.